The molecule has 2 atom stereocenters. The first kappa shape index (κ1) is 13.5. The lowest BCUT2D eigenvalue weighted by Crippen LogP contribution is -2.44. The van der Waals surface area contributed by atoms with E-state index in [1.54, 1.807) is 11.3 Å². The molecule has 2 aliphatic rings. The third-order valence-electron chi connectivity index (χ3n) is 4.54. The summed E-state index contributed by atoms with van der Waals surface area (Å²) in [6.45, 7) is 8.69. The van der Waals surface area contributed by atoms with Crippen LogP contribution in [0.3, 0.4) is 0 Å². The van der Waals surface area contributed by atoms with Crippen molar-refractivity contribution in [2.45, 2.75) is 44.6 Å². The quantitative estimate of drug-likeness (QED) is 0.848. The van der Waals surface area contributed by atoms with Crippen LogP contribution in [0.2, 0.25) is 0 Å². The summed E-state index contributed by atoms with van der Waals surface area (Å²) in [4.78, 5) is 9.88. The number of hydrogen-bond acceptors (Lipinski definition) is 4. The van der Waals surface area contributed by atoms with E-state index in [-0.39, 0.29) is 0 Å². The molecule has 3 heterocycles. The smallest absolute Gasteiger partial charge is 0.0965 e. The molecule has 1 aromatic rings. The molecule has 4 heteroatoms. The van der Waals surface area contributed by atoms with Gasteiger partial charge in [0.05, 0.1) is 5.01 Å². The minimum atomic E-state index is 0.579. The van der Waals surface area contributed by atoms with Gasteiger partial charge in [-0.3, -0.25) is 4.90 Å². The van der Waals surface area contributed by atoms with Gasteiger partial charge >= 0.3 is 0 Å². The van der Waals surface area contributed by atoms with Crippen molar-refractivity contribution >= 4 is 11.3 Å². The first-order valence-corrected chi connectivity index (χ1v) is 8.56. The highest BCUT2D eigenvalue weighted by Gasteiger charge is 2.27. The van der Waals surface area contributed by atoms with Gasteiger partial charge in [0, 0.05) is 36.6 Å². The van der Waals surface area contributed by atoms with Gasteiger partial charge in [0.15, 0.2) is 0 Å². The van der Waals surface area contributed by atoms with E-state index in [1.807, 2.05) is 6.20 Å². The normalized spacial score (nSPS) is 27.7. The number of hydrogen-bond donors (Lipinski definition) is 0. The topological polar surface area (TPSA) is 19.4 Å². The van der Waals surface area contributed by atoms with Crippen LogP contribution in [0, 0.1) is 0 Å². The number of piperidine rings is 1. The molecule has 0 bridgehead atoms. The van der Waals surface area contributed by atoms with Gasteiger partial charge < -0.3 is 4.90 Å². The van der Waals surface area contributed by atoms with Gasteiger partial charge in [-0.2, -0.15) is 0 Å². The van der Waals surface area contributed by atoms with Gasteiger partial charge in [0.25, 0.3) is 0 Å². The number of nitrogens with zero attached hydrogens (tertiary/aromatic N) is 3. The van der Waals surface area contributed by atoms with Crippen LogP contribution in [0.25, 0.3) is 0 Å². The molecule has 0 amide bonds. The van der Waals surface area contributed by atoms with E-state index in [4.69, 9.17) is 0 Å². The predicted molar refractivity (Wildman–Crippen MR) is 80.8 cm³/mol. The fourth-order valence-corrected chi connectivity index (χ4v) is 4.25. The van der Waals surface area contributed by atoms with Gasteiger partial charge in [-0.15, -0.1) is 11.3 Å². The Labute approximate surface area is 120 Å². The van der Waals surface area contributed by atoms with Crippen molar-refractivity contribution in [3.05, 3.63) is 16.6 Å². The van der Waals surface area contributed by atoms with E-state index in [0.29, 0.717) is 5.92 Å². The SMILES string of the molecule is CC(CN1CCCN2CCCCC2C1)c1nccs1. The number of fused-ring (bicyclic) bond motifs is 1. The average Bonchev–Trinajstić information content (AvgIpc) is 2.87. The summed E-state index contributed by atoms with van der Waals surface area (Å²) in [6.07, 6.45) is 7.51. The lowest BCUT2D eigenvalue weighted by atomic mass is 10.0. The molecule has 0 aliphatic carbocycles. The molecule has 106 valence electrons. The van der Waals surface area contributed by atoms with Crippen LogP contribution >= 0.6 is 11.3 Å². The molecule has 3 nitrogen and oxygen atoms in total. The van der Waals surface area contributed by atoms with Gasteiger partial charge in [-0.1, -0.05) is 13.3 Å². The molecule has 0 saturated carbocycles. The van der Waals surface area contributed by atoms with Gasteiger partial charge in [0.2, 0.25) is 0 Å². The Hall–Kier alpha value is -0.450. The fraction of sp³-hybridized carbons (Fsp3) is 0.800. The first-order chi connectivity index (χ1) is 9.33. The molecule has 2 aliphatic heterocycles. The summed E-state index contributed by atoms with van der Waals surface area (Å²) in [5.74, 6) is 0.579. The Balaban J connectivity index is 1.58. The van der Waals surface area contributed by atoms with Crippen molar-refractivity contribution in [2.24, 2.45) is 0 Å². The van der Waals surface area contributed by atoms with Crippen molar-refractivity contribution < 1.29 is 0 Å². The molecule has 19 heavy (non-hydrogen) atoms. The summed E-state index contributed by atoms with van der Waals surface area (Å²) >= 11 is 1.80. The highest BCUT2D eigenvalue weighted by Crippen LogP contribution is 2.24. The predicted octanol–water partition coefficient (Wildman–Crippen LogP) is 2.81. The van der Waals surface area contributed by atoms with Gasteiger partial charge in [-0.05, 0) is 38.9 Å². The average molecular weight is 279 g/mol. The van der Waals surface area contributed by atoms with E-state index in [1.165, 1.54) is 63.4 Å². The van der Waals surface area contributed by atoms with Crippen molar-refractivity contribution in [1.82, 2.24) is 14.8 Å². The molecule has 2 saturated heterocycles. The second-order valence-corrected chi connectivity index (χ2v) is 7.00. The molecule has 2 fully saturated rings. The van der Waals surface area contributed by atoms with Crippen LogP contribution in [0.15, 0.2) is 11.6 Å². The monoisotopic (exact) mass is 279 g/mol. The maximum atomic E-state index is 4.47. The standard InChI is InChI=1S/C15H25N3S/c1-13(15-16-6-10-19-15)11-17-7-4-9-18-8-3-2-5-14(18)12-17/h6,10,13-14H,2-5,7-9,11-12H2,1H3. The largest absolute Gasteiger partial charge is 0.301 e. The minimum Gasteiger partial charge on any atom is -0.301 e. The third kappa shape index (κ3) is 3.36. The zero-order valence-electron chi connectivity index (χ0n) is 11.9. The van der Waals surface area contributed by atoms with E-state index in [2.05, 4.69) is 27.1 Å². The van der Waals surface area contributed by atoms with Crippen molar-refractivity contribution in [3.63, 3.8) is 0 Å². The highest BCUT2D eigenvalue weighted by molar-refractivity contribution is 7.09. The minimum absolute atomic E-state index is 0.579. The fourth-order valence-electron chi connectivity index (χ4n) is 3.56. The molecule has 0 spiro atoms. The second-order valence-electron chi connectivity index (χ2n) is 6.07. The Morgan fingerprint density at radius 2 is 2.21 bits per heavy atom. The highest BCUT2D eigenvalue weighted by atomic mass is 32.1. The molecule has 3 rings (SSSR count). The molecule has 2 unspecified atom stereocenters. The Kier molecular flexibility index (Phi) is 4.51. The number of thiazole rings is 1. The van der Waals surface area contributed by atoms with E-state index >= 15 is 0 Å². The molecule has 0 aromatic carbocycles. The van der Waals surface area contributed by atoms with Crippen molar-refractivity contribution in [3.8, 4) is 0 Å². The lowest BCUT2D eigenvalue weighted by molar-refractivity contribution is 0.135. The Morgan fingerprint density at radius 1 is 1.32 bits per heavy atom. The van der Waals surface area contributed by atoms with Gasteiger partial charge in [0.1, 0.15) is 0 Å². The second kappa shape index (κ2) is 6.33. The van der Waals surface area contributed by atoms with Crippen molar-refractivity contribution in [1.29, 1.82) is 0 Å². The van der Waals surface area contributed by atoms with Crippen LogP contribution in [-0.4, -0.2) is 53.5 Å². The van der Waals surface area contributed by atoms with Crippen LogP contribution in [0.1, 0.15) is 43.5 Å². The maximum Gasteiger partial charge on any atom is 0.0965 e. The summed E-state index contributed by atoms with van der Waals surface area (Å²) < 4.78 is 0. The Morgan fingerprint density at radius 3 is 3.05 bits per heavy atom. The van der Waals surface area contributed by atoms with Gasteiger partial charge in [-0.25, -0.2) is 4.98 Å². The summed E-state index contributed by atoms with van der Waals surface area (Å²) in [6, 6.07) is 0.819. The number of rotatable bonds is 3. The van der Waals surface area contributed by atoms with Crippen LogP contribution in [-0.2, 0) is 0 Å². The molecular formula is C15H25N3S. The molecule has 1 aromatic heterocycles. The van der Waals surface area contributed by atoms with E-state index < -0.39 is 0 Å². The first-order valence-electron chi connectivity index (χ1n) is 7.69. The van der Waals surface area contributed by atoms with Crippen LogP contribution in [0.5, 0.6) is 0 Å². The van der Waals surface area contributed by atoms with Crippen LogP contribution in [0.4, 0.5) is 0 Å². The molecule has 0 radical (unpaired) electrons. The van der Waals surface area contributed by atoms with Crippen LogP contribution < -0.4 is 0 Å². The van der Waals surface area contributed by atoms with E-state index in [9.17, 15) is 0 Å². The molecular weight excluding hydrogens is 254 g/mol. The number of aromatic nitrogens is 1. The van der Waals surface area contributed by atoms with E-state index in [0.717, 1.165) is 6.04 Å². The maximum absolute atomic E-state index is 4.47. The summed E-state index contributed by atoms with van der Waals surface area (Å²) in [5, 5.41) is 3.39. The lowest BCUT2D eigenvalue weighted by Gasteiger charge is -2.35. The molecule has 0 N–H and O–H groups in total. The van der Waals surface area contributed by atoms with Crippen molar-refractivity contribution in [2.75, 3.05) is 32.7 Å². The zero-order chi connectivity index (χ0) is 13.1. The summed E-state index contributed by atoms with van der Waals surface area (Å²) in [7, 11) is 0. The Bertz CT molecular complexity index is 379. The third-order valence-corrected chi connectivity index (χ3v) is 5.55. The zero-order valence-corrected chi connectivity index (χ0v) is 12.7. The summed E-state index contributed by atoms with van der Waals surface area (Å²) in [5.41, 5.74) is 0.